The van der Waals surface area contributed by atoms with Crippen LogP contribution in [0.2, 0.25) is 0 Å². The quantitative estimate of drug-likeness (QED) is 0.624. The van der Waals surface area contributed by atoms with Gasteiger partial charge in [0.2, 0.25) is 0 Å². The molecular formula is C11H11IO2S. The second-order valence-corrected chi connectivity index (χ2v) is 4.43. The van der Waals surface area contributed by atoms with Crippen molar-refractivity contribution in [2.75, 3.05) is 14.2 Å². The standard InChI is InChI=1S/C11H11IO2S/c1-13-10-6-9(4-3-5-15-12)7-11(8-10)14-2/h6-8H,4H2,1-2H3. The van der Waals surface area contributed by atoms with Gasteiger partial charge in [0.25, 0.3) is 0 Å². The molecule has 1 rings (SSSR count). The van der Waals surface area contributed by atoms with Crippen LogP contribution in [0.15, 0.2) is 18.2 Å². The molecule has 0 amide bonds. The Bertz CT molecular complexity index is 360. The van der Waals surface area contributed by atoms with Gasteiger partial charge in [0.15, 0.2) is 0 Å². The van der Waals surface area contributed by atoms with Gasteiger partial charge in [-0.3, -0.25) is 0 Å². The Morgan fingerprint density at radius 3 is 2.27 bits per heavy atom. The van der Waals surface area contributed by atoms with Crippen molar-refractivity contribution in [2.45, 2.75) is 6.42 Å². The third-order valence-electron chi connectivity index (χ3n) is 1.81. The van der Waals surface area contributed by atoms with Crippen molar-refractivity contribution in [1.82, 2.24) is 0 Å². The van der Waals surface area contributed by atoms with Crippen LogP contribution in [0.1, 0.15) is 5.56 Å². The van der Waals surface area contributed by atoms with Gasteiger partial charge in [0.1, 0.15) is 11.5 Å². The summed E-state index contributed by atoms with van der Waals surface area (Å²) in [4.78, 5) is 0. The molecule has 1 aromatic rings. The van der Waals surface area contributed by atoms with Crippen molar-refractivity contribution in [2.24, 2.45) is 0 Å². The number of ether oxygens (including phenoxy) is 2. The molecule has 0 fully saturated rings. The van der Waals surface area contributed by atoms with Crippen LogP contribution in [0, 0.1) is 11.2 Å². The summed E-state index contributed by atoms with van der Waals surface area (Å²) < 4.78 is 10.3. The Balaban J connectivity index is 2.86. The molecule has 2 nitrogen and oxygen atoms in total. The summed E-state index contributed by atoms with van der Waals surface area (Å²) in [5.74, 6) is 4.65. The molecule has 0 bridgehead atoms. The summed E-state index contributed by atoms with van der Waals surface area (Å²) >= 11 is 2.15. The predicted molar refractivity (Wildman–Crippen MR) is 72.6 cm³/mol. The highest BCUT2D eigenvalue weighted by molar-refractivity contribution is 14.2. The summed E-state index contributed by atoms with van der Waals surface area (Å²) in [5.41, 5.74) is 1.10. The molecule has 0 aliphatic rings. The van der Waals surface area contributed by atoms with Crippen LogP contribution in [0.3, 0.4) is 0 Å². The maximum Gasteiger partial charge on any atom is 0.122 e. The van der Waals surface area contributed by atoms with Crippen LogP contribution < -0.4 is 9.47 Å². The lowest BCUT2D eigenvalue weighted by Gasteiger charge is -2.06. The molecule has 80 valence electrons. The van der Waals surface area contributed by atoms with Gasteiger partial charge in [-0.1, -0.05) is 5.92 Å². The summed E-state index contributed by atoms with van der Waals surface area (Å²) in [7, 11) is 4.77. The second kappa shape index (κ2) is 6.85. The van der Waals surface area contributed by atoms with E-state index in [2.05, 4.69) is 32.4 Å². The molecule has 0 heterocycles. The Kier molecular flexibility index (Phi) is 5.73. The van der Waals surface area contributed by atoms with Crippen LogP contribution in [0.4, 0.5) is 0 Å². The number of benzene rings is 1. The van der Waals surface area contributed by atoms with E-state index in [4.69, 9.17) is 9.47 Å². The SMILES string of the molecule is COc1cc(CC#CSI)cc(OC)c1. The van der Waals surface area contributed by atoms with Gasteiger partial charge >= 0.3 is 0 Å². The number of hydrogen-bond donors (Lipinski definition) is 0. The fraction of sp³-hybridized carbons (Fsp3) is 0.273. The Hall–Kier alpha value is -0.540. The van der Waals surface area contributed by atoms with Crippen molar-refractivity contribution in [1.29, 1.82) is 0 Å². The van der Waals surface area contributed by atoms with Crippen LogP contribution >= 0.6 is 30.1 Å². The van der Waals surface area contributed by atoms with Gasteiger partial charge < -0.3 is 9.47 Å². The van der Waals surface area contributed by atoms with E-state index < -0.39 is 0 Å². The molecule has 0 atom stereocenters. The van der Waals surface area contributed by atoms with Gasteiger partial charge in [0.05, 0.1) is 14.2 Å². The zero-order valence-electron chi connectivity index (χ0n) is 8.54. The minimum Gasteiger partial charge on any atom is -0.497 e. The lowest BCUT2D eigenvalue weighted by atomic mass is 10.1. The third kappa shape index (κ3) is 4.22. The largest absolute Gasteiger partial charge is 0.497 e. The number of halogens is 1. The van der Waals surface area contributed by atoms with Crippen LogP contribution in [-0.2, 0) is 6.42 Å². The number of rotatable bonds is 3. The fourth-order valence-corrected chi connectivity index (χ4v) is 1.73. The molecule has 0 aliphatic heterocycles. The summed E-state index contributed by atoms with van der Waals surface area (Å²) in [5, 5.41) is 2.94. The number of hydrogen-bond acceptors (Lipinski definition) is 3. The minimum atomic E-state index is 0.712. The average Bonchev–Trinajstić information content (AvgIpc) is 2.29. The molecule has 0 aliphatic carbocycles. The molecule has 0 spiro atoms. The monoisotopic (exact) mass is 334 g/mol. The predicted octanol–water partition coefficient (Wildman–Crippen LogP) is 3.29. The maximum atomic E-state index is 5.17. The highest BCUT2D eigenvalue weighted by atomic mass is 127. The number of methoxy groups -OCH3 is 2. The molecule has 0 N–H and O–H groups in total. The van der Waals surface area contributed by atoms with Gasteiger partial charge in [-0.05, 0) is 31.9 Å². The lowest BCUT2D eigenvalue weighted by Crippen LogP contribution is -1.90. The van der Waals surface area contributed by atoms with Crippen LogP contribution in [0.25, 0.3) is 0 Å². The van der Waals surface area contributed by atoms with Crippen molar-refractivity contribution in [3.8, 4) is 22.7 Å². The van der Waals surface area contributed by atoms with E-state index in [1.54, 1.807) is 14.2 Å². The molecule has 4 heteroatoms. The van der Waals surface area contributed by atoms with E-state index in [1.807, 2.05) is 18.2 Å². The van der Waals surface area contributed by atoms with Gasteiger partial charge in [-0.2, -0.15) is 0 Å². The summed E-state index contributed by atoms with van der Waals surface area (Å²) in [6, 6.07) is 5.79. The molecule has 0 saturated heterocycles. The average molecular weight is 334 g/mol. The topological polar surface area (TPSA) is 18.5 Å². The van der Waals surface area contributed by atoms with Crippen molar-refractivity contribution >= 4 is 30.1 Å². The lowest BCUT2D eigenvalue weighted by molar-refractivity contribution is 0.393. The highest BCUT2D eigenvalue weighted by Crippen LogP contribution is 2.22. The van der Waals surface area contributed by atoms with E-state index in [0.29, 0.717) is 6.42 Å². The molecular weight excluding hydrogens is 323 g/mol. The Labute approximate surface area is 106 Å². The summed E-state index contributed by atoms with van der Waals surface area (Å²) in [6.07, 6.45) is 0.712. The van der Waals surface area contributed by atoms with Gasteiger partial charge in [0, 0.05) is 33.7 Å². The van der Waals surface area contributed by atoms with Gasteiger partial charge in [-0.25, -0.2) is 0 Å². The summed E-state index contributed by atoms with van der Waals surface area (Å²) in [6.45, 7) is 0. The highest BCUT2D eigenvalue weighted by Gasteiger charge is 2.00. The smallest absolute Gasteiger partial charge is 0.122 e. The van der Waals surface area contributed by atoms with Crippen LogP contribution in [0.5, 0.6) is 11.5 Å². The van der Waals surface area contributed by atoms with Crippen molar-refractivity contribution in [3.05, 3.63) is 23.8 Å². The Morgan fingerprint density at radius 2 is 1.80 bits per heavy atom. The molecule has 15 heavy (non-hydrogen) atoms. The van der Waals surface area contributed by atoms with E-state index in [1.165, 1.54) is 8.93 Å². The Morgan fingerprint density at radius 1 is 1.20 bits per heavy atom. The molecule has 0 aromatic heterocycles. The third-order valence-corrected chi connectivity index (χ3v) is 2.70. The zero-order chi connectivity index (χ0) is 11.1. The first-order chi connectivity index (χ1) is 7.30. The molecule has 1 aromatic carbocycles. The fourth-order valence-electron chi connectivity index (χ4n) is 1.13. The van der Waals surface area contributed by atoms with Crippen LogP contribution in [-0.4, -0.2) is 14.2 Å². The van der Waals surface area contributed by atoms with E-state index >= 15 is 0 Å². The first-order valence-corrected chi connectivity index (χ1v) is 7.63. The minimum absolute atomic E-state index is 0.712. The molecule has 0 radical (unpaired) electrons. The maximum absolute atomic E-state index is 5.17. The van der Waals surface area contributed by atoms with E-state index in [0.717, 1.165) is 17.1 Å². The second-order valence-electron chi connectivity index (χ2n) is 2.75. The molecule has 0 unspecified atom stereocenters. The first-order valence-electron chi connectivity index (χ1n) is 4.27. The normalized spacial score (nSPS) is 9.00. The van der Waals surface area contributed by atoms with Gasteiger partial charge in [-0.15, -0.1) is 0 Å². The zero-order valence-corrected chi connectivity index (χ0v) is 11.5. The molecule has 0 saturated carbocycles. The van der Waals surface area contributed by atoms with E-state index in [9.17, 15) is 0 Å². The van der Waals surface area contributed by atoms with E-state index in [-0.39, 0.29) is 0 Å². The van der Waals surface area contributed by atoms with Crippen molar-refractivity contribution in [3.63, 3.8) is 0 Å². The first kappa shape index (κ1) is 12.5. The van der Waals surface area contributed by atoms with Crippen molar-refractivity contribution < 1.29 is 9.47 Å².